The Hall–Kier alpha value is -3.13. The number of amides is 1. The molecule has 136 valence electrons. The second kappa shape index (κ2) is 8.82. The van der Waals surface area contributed by atoms with Crippen LogP contribution in [-0.2, 0) is 14.3 Å². The Kier molecular flexibility index (Phi) is 6.51. The van der Waals surface area contributed by atoms with E-state index in [-0.39, 0.29) is 11.4 Å². The van der Waals surface area contributed by atoms with Crippen LogP contribution in [0.4, 0.5) is 11.4 Å². The maximum Gasteiger partial charge on any atom is 0.344 e. The summed E-state index contributed by atoms with van der Waals surface area (Å²) < 4.78 is 10.2. The molecule has 8 nitrogen and oxygen atoms in total. The number of esters is 1. The Morgan fingerprint density at radius 2 is 1.92 bits per heavy atom. The van der Waals surface area contributed by atoms with Crippen LogP contribution in [0.2, 0.25) is 5.02 Å². The van der Waals surface area contributed by atoms with E-state index in [0.29, 0.717) is 10.7 Å². The van der Waals surface area contributed by atoms with E-state index in [1.807, 2.05) is 0 Å². The van der Waals surface area contributed by atoms with Gasteiger partial charge in [-0.1, -0.05) is 17.7 Å². The van der Waals surface area contributed by atoms with Crippen molar-refractivity contribution in [1.29, 1.82) is 0 Å². The van der Waals surface area contributed by atoms with Crippen molar-refractivity contribution in [2.75, 3.05) is 11.9 Å². The van der Waals surface area contributed by atoms with Crippen LogP contribution in [0.15, 0.2) is 48.5 Å². The number of nitro benzene ring substituents is 1. The lowest BCUT2D eigenvalue weighted by molar-refractivity contribution is -0.384. The van der Waals surface area contributed by atoms with Gasteiger partial charge >= 0.3 is 5.97 Å². The van der Waals surface area contributed by atoms with Gasteiger partial charge in [-0.05, 0) is 37.3 Å². The van der Waals surface area contributed by atoms with Crippen molar-refractivity contribution in [1.82, 2.24) is 0 Å². The monoisotopic (exact) mass is 378 g/mol. The van der Waals surface area contributed by atoms with E-state index in [1.54, 1.807) is 24.3 Å². The minimum Gasteiger partial charge on any atom is -0.482 e. The molecule has 0 unspecified atom stereocenters. The summed E-state index contributed by atoms with van der Waals surface area (Å²) in [6, 6.07) is 11.8. The van der Waals surface area contributed by atoms with Gasteiger partial charge in [-0.2, -0.15) is 0 Å². The predicted molar refractivity (Wildman–Crippen MR) is 94.2 cm³/mol. The fourth-order valence-corrected chi connectivity index (χ4v) is 2.09. The Morgan fingerprint density at radius 3 is 2.54 bits per heavy atom. The summed E-state index contributed by atoms with van der Waals surface area (Å²) in [5, 5.41) is 13.6. The van der Waals surface area contributed by atoms with Crippen LogP contribution in [-0.4, -0.2) is 29.5 Å². The highest BCUT2D eigenvalue weighted by molar-refractivity contribution is 6.30. The van der Waals surface area contributed by atoms with Crippen LogP contribution >= 0.6 is 11.6 Å². The van der Waals surface area contributed by atoms with E-state index in [2.05, 4.69) is 5.32 Å². The van der Waals surface area contributed by atoms with E-state index < -0.39 is 29.5 Å². The number of ether oxygens (including phenoxy) is 2. The first-order valence-electron chi connectivity index (χ1n) is 7.48. The first kappa shape index (κ1) is 19.2. The van der Waals surface area contributed by atoms with Crippen LogP contribution in [0.25, 0.3) is 0 Å². The van der Waals surface area contributed by atoms with Gasteiger partial charge < -0.3 is 14.8 Å². The van der Waals surface area contributed by atoms with Crippen molar-refractivity contribution in [2.45, 2.75) is 13.0 Å². The minimum absolute atomic E-state index is 0.0914. The van der Waals surface area contributed by atoms with Gasteiger partial charge in [0, 0.05) is 22.8 Å². The number of non-ortho nitro benzene ring substituents is 1. The van der Waals surface area contributed by atoms with Gasteiger partial charge in [0.1, 0.15) is 5.75 Å². The van der Waals surface area contributed by atoms with Crippen molar-refractivity contribution in [3.8, 4) is 5.75 Å². The van der Waals surface area contributed by atoms with Crippen LogP contribution in [0, 0.1) is 10.1 Å². The van der Waals surface area contributed by atoms with Crippen molar-refractivity contribution >= 4 is 34.9 Å². The van der Waals surface area contributed by atoms with Crippen molar-refractivity contribution in [3.05, 3.63) is 63.7 Å². The summed E-state index contributed by atoms with van der Waals surface area (Å²) in [7, 11) is 0. The smallest absolute Gasteiger partial charge is 0.344 e. The van der Waals surface area contributed by atoms with Crippen molar-refractivity contribution in [3.63, 3.8) is 0 Å². The average molecular weight is 379 g/mol. The summed E-state index contributed by atoms with van der Waals surface area (Å²) in [6.07, 6.45) is -1.04. The quantitative estimate of drug-likeness (QED) is 0.450. The van der Waals surface area contributed by atoms with Gasteiger partial charge in [0.05, 0.1) is 4.92 Å². The highest BCUT2D eigenvalue weighted by Crippen LogP contribution is 2.17. The molecule has 9 heteroatoms. The van der Waals surface area contributed by atoms with Crippen molar-refractivity contribution < 1.29 is 24.0 Å². The highest BCUT2D eigenvalue weighted by atomic mass is 35.5. The molecule has 0 saturated heterocycles. The molecular formula is C17H15ClN2O6. The molecule has 1 atom stereocenters. The highest BCUT2D eigenvalue weighted by Gasteiger charge is 2.18. The summed E-state index contributed by atoms with van der Waals surface area (Å²) in [5.74, 6) is -1.00. The normalized spacial score (nSPS) is 11.3. The van der Waals surface area contributed by atoms with Gasteiger partial charge in [0.25, 0.3) is 11.6 Å². The minimum atomic E-state index is -1.04. The molecule has 2 aromatic rings. The number of carbonyl (C=O) groups is 2. The van der Waals surface area contributed by atoms with Crippen LogP contribution < -0.4 is 10.1 Å². The Balaban J connectivity index is 1.80. The molecule has 1 N–H and O–H groups in total. The zero-order valence-corrected chi connectivity index (χ0v) is 14.4. The summed E-state index contributed by atoms with van der Waals surface area (Å²) in [5.41, 5.74) is 0.388. The third kappa shape index (κ3) is 5.75. The molecule has 0 fully saturated rings. The molecule has 0 aliphatic heterocycles. The van der Waals surface area contributed by atoms with Crippen LogP contribution in [0.5, 0.6) is 5.75 Å². The lowest BCUT2D eigenvalue weighted by Crippen LogP contribution is -2.31. The van der Waals surface area contributed by atoms with Gasteiger partial charge in [-0.15, -0.1) is 0 Å². The van der Waals surface area contributed by atoms with E-state index in [4.69, 9.17) is 21.1 Å². The molecule has 0 aliphatic carbocycles. The topological polar surface area (TPSA) is 108 Å². The summed E-state index contributed by atoms with van der Waals surface area (Å²) in [4.78, 5) is 33.8. The fourth-order valence-electron chi connectivity index (χ4n) is 1.90. The summed E-state index contributed by atoms with van der Waals surface area (Å²) in [6.45, 7) is 0.982. The molecule has 2 aromatic carbocycles. The molecule has 0 aliphatic rings. The third-order valence-corrected chi connectivity index (χ3v) is 3.41. The zero-order chi connectivity index (χ0) is 19.1. The molecule has 0 heterocycles. The standard InChI is InChI=1S/C17H15ClN2O6/c1-11(17(22)19-13-4-2-3-12(18)9-13)26-16(21)10-25-15-7-5-14(6-8-15)20(23)24/h2-9,11H,10H2,1H3,(H,19,22)/t11-/m1/s1. The number of nitrogens with zero attached hydrogens (tertiary/aromatic N) is 1. The molecule has 0 radical (unpaired) electrons. The molecule has 1 amide bonds. The molecule has 0 bridgehead atoms. The number of anilines is 1. The van der Waals surface area contributed by atoms with Crippen molar-refractivity contribution in [2.24, 2.45) is 0 Å². The zero-order valence-electron chi connectivity index (χ0n) is 13.7. The lowest BCUT2D eigenvalue weighted by Gasteiger charge is -2.14. The Bertz CT molecular complexity index is 809. The second-order valence-electron chi connectivity index (χ2n) is 5.17. The Morgan fingerprint density at radius 1 is 1.23 bits per heavy atom. The van der Waals surface area contributed by atoms with E-state index >= 15 is 0 Å². The SMILES string of the molecule is C[C@@H](OC(=O)COc1ccc([N+](=O)[O-])cc1)C(=O)Nc1cccc(Cl)c1. The second-order valence-corrected chi connectivity index (χ2v) is 5.61. The predicted octanol–water partition coefficient (Wildman–Crippen LogP) is 3.20. The Labute approximate surface area is 153 Å². The number of halogens is 1. The first-order chi connectivity index (χ1) is 12.3. The van der Waals surface area contributed by atoms with Gasteiger partial charge in [0.2, 0.25) is 0 Å². The number of benzene rings is 2. The molecule has 0 saturated carbocycles. The van der Waals surface area contributed by atoms with E-state index in [9.17, 15) is 19.7 Å². The first-order valence-corrected chi connectivity index (χ1v) is 7.86. The number of hydrogen-bond acceptors (Lipinski definition) is 6. The largest absolute Gasteiger partial charge is 0.482 e. The third-order valence-electron chi connectivity index (χ3n) is 3.17. The van der Waals surface area contributed by atoms with Crippen LogP contribution in [0.1, 0.15) is 6.92 Å². The average Bonchev–Trinajstić information content (AvgIpc) is 2.60. The number of nitrogens with one attached hydrogen (secondary N) is 1. The molecule has 2 rings (SSSR count). The van der Waals surface area contributed by atoms with Crippen LogP contribution in [0.3, 0.4) is 0 Å². The van der Waals surface area contributed by atoms with E-state index in [0.717, 1.165) is 0 Å². The molecule has 0 aromatic heterocycles. The maximum atomic E-state index is 12.0. The maximum absolute atomic E-state index is 12.0. The number of hydrogen-bond donors (Lipinski definition) is 1. The lowest BCUT2D eigenvalue weighted by atomic mass is 10.3. The number of carbonyl (C=O) groups excluding carboxylic acids is 2. The van der Waals surface area contributed by atoms with Gasteiger partial charge in [-0.3, -0.25) is 14.9 Å². The number of rotatable bonds is 7. The van der Waals surface area contributed by atoms with Gasteiger partial charge in [-0.25, -0.2) is 4.79 Å². The van der Waals surface area contributed by atoms with E-state index in [1.165, 1.54) is 31.2 Å². The molecule has 26 heavy (non-hydrogen) atoms. The number of nitro groups is 1. The summed E-state index contributed by atoms with van der Waals surface area (Å²) >= 11 is 5.83. The van der Waals surface area contributed by atoms with Gasteiger partial charge in [0.15, 0.2) is 12.7 Å². The fraction of sp³-hybridized carbons (Fsp3) is 0.176. The molecule has 0 spiro atoms. The molecular weight excluding hydrogens is 364 g/mol.